The number of halogens is 1. The Morgan fingerprint density at radius 3 is 2.44 bits per heavy atom. The first-order valence-corrected chi connectivity index (χ1v) is 9.79. The highest BCUT2D eigenvalue weighted by atomic mass is 35.5. The lowest BCUT2D eigenvalue weighted by atomic mass is 9.88. The van der Waals surface area contributed by atoms with Gasteiger partial charge in [-0.05, 0) is 43.4 Å². The summed E-state index contributed by atoms with van der Waals surface area (Å²) >= 11 is 6.17. The van der Waals surface area contributed by atoms with Gasteiger partial charge < -0.3 is 15.7 Å². The van der Waals surface area contributed by atoms with Crippen LogP contribution in [0.4, 0.5) is 5.69 Å². The van der Waals surface area contributed by atoms with Gasteiger partial charge in [0.15, 0.2) is 0 Å². The zero-order valence-corrected chi connectivity index (χ0v) is 16.5. The number of benzene rings is 1. The molecule has 3 N–H and O–H groups in total. The monoisotopic (exact) mass is 394 g/mol. The Labute approximate surface area is 164 Å². The maximum atomic E-state index is 12.5. The Kier molecular flexibility index (Phi) is 7.66. The number of anilines is 1. The molecule has 1 saturated carbocycles. The number of carbonyl (C=O) groups excluding carboxylic acids is 2. The Morgan fingerprint density at radius 2 is 1.85 bits per heavy atom. The molecule has 0 heterocycles. The van der Waals surface area contributed by atoms with E-state index in [1.165, 1.54) is 18.2 Å². The molecule has 148 valence electrons. The molecular formula is C20H27ClN2O4. The topological polar surface area (TPSA) is 95.5 Å². The smallest absolute Gasteiger partial charge is 0.326 e. The molecule has 0 bridgehead atoms. The summed E-state index contributed by atoms with van der Waals surface area (Å²) < 4.78 is 0. The van der Waals surface area contributed by atoms with Gasteiger partial charge in [-0.1, -0.05) is 44.7 Å². The van der Waals surface area contributed by atoms with Crippen LogP contribution in [0, 0.1) is 11.8 Å². The van der Waals surface area contributed by atoms with E-state index in [4.69, 9.17) is 11.6 Å². The zero-order valence-electron chi connectivity index (χ0n) is 15.8. The van der Waals surface area contributed by atoms with Crippen molar-refractivity contribution < 1.29 is 19.5 Å². The number of hydrogen-bond donors (Lipinski definition) is 3. The molecule has 7 heteroatoms. The third-order valence-electron chi connectivity index (χ3n) is 4.77. The second-order valence-corrected chi connectivity index (χ2v) is 7.92. The van der Waals surface area contributed by atoms with Gasteiger partial charge in [-0.15, -0.1) is 0 Å². The quantitative estimate of drug-likeness (QED) is 0.649. The van der Waals surface area contributed by atoms with Crippen molar-refractivity contribution in [3.8, 4) is 0 Å². The molecule has 27 heavy (non-hydrogen) atoms. The first-order chi connectivity index (χ1) is 12.8. The Morgan fingerprint density at radius 1 is 1.19 bits per heavy atom. The van der Waals surface area contributed by atoms with Gasteiger partial charge in [0.05, 0.1) is 10.7 Å². The van der Waals surface area contributed by atoms with Crippen LogP contribution in [0.3, 0.4) is 0 Å². The molecule has 2 rings (SSSR count). The first kappa shape index (κ1) is 21.2. The summed E-state index contributed by atoms with van der Waals surface area (Å²) in [5.41, 5.74) is 0.629. The van der Waals surface area contributed by atoms with Crippen molar-refractivity contribution in [2.75, 3.05) is 5.32 Å². The average Bonchev–Trinajstić information content (AvgIpc) is 2.63. The number of aliphatic carboxylic acids is 1. The van der Waals surface area contributed by atoms with Gasteiger partial charge in [-0.3, -0.25) is 9.59 Å². The molecule has 1 aliphatic carbocycles. The van der Waals surface area contributed by atoms with Gasteiger partial charge in [0, 0.05) is 11.5 Å². The van der Waals surface area contributed by atoms with Crippen LogP contribution in [0.25, 0.3) is 0 Å². The maximum absolute atomic E-state index is 12.5. The van der Waals surface area contributed by atoms with E-state index in [2.05, 4.69) is 10.6 Å². The van der Waals surface area contributed by atoms with Crippen molar-refractivity contribution in [2.45, 2.75) is 58.4 Å². The zero-order chi connectivity index (χ0) is 20.0. The molecular weight excluding hydrogens is 368 g/mol. The number of amides is 2. The molecule has 0 aliphatic heterocycles. The molecule has 1 fully saturated rings. The molecule has 0 spiro atoms. The predicted molar refractivity (Wildman–Crippen MR) is 105 cm³/mol. The van der Waals surface area contributed by atoms with Crippen molar-refractivity contribution in [2.24, 2.45) is 11.8 Å². The number of hydrogen-bond acceptors (Lipinski definition) is 3. The standard InChI is InChI=1S/C20H27ClN2O4/c1-12(2)10-17(20(26)27)23-19(25)14-8-9-15(21)16(11-14)22-18(24)13-6-4-3-5-7-13/h8-9,11-13,17H,3-7,10H2,1-2H3,(H,22,24)(H,23,25)(H,26,27). The molecule has 0 radical (unpaired) electrons. The van der Waals surface area contributed by atoms with Crippen LogP contribution >= 0.6 is 11.6 Å². The van der Waals surface area contributed by atoms with Gasteiger partial charge >= 0.3 is 5.97 Å². The highest BCUT2D eigenvalue weighted by Gasteiger charge is 2.24. The minimum Gasteiger partial charge on any atom is -0.480 e. The van der Waals surface area contributed by atoms with Crippen molar-refractivity contribution in [1.29, 1.82) is 0 Å². The highest BCUT2D eigenvalue weighted by molar-refractivity contribution is 6.34. The summed E-state index contributed by atoms with van der Waals surface area (Å²) in [5.74, 6) is -1.57. The van der Waals surface area contributed by atoms with Crippen molar-refractivity contribution in [3.63, 3.8) is 0 Å². The molecule has 6 nitrogen and oxygen atoms in total. The maximum Gasteiger partial charge on any atom is 0.326 e. The fourth-order valence-corrected chi connectivity index (χ4v) is 3.46. The van der Waals surface area contributed by atoms with E-state index in [1.807, 2.05) is 13.8 Å². The second kappa shape index (κ2) is 9.74. The van der Waals surface area contributed by atoms with Crippen molar-refractivity contribution in [3.05, 3.63) is 28.8 Å². The van der Waals surface area contributed by atoms with E-state index in [1.54, 1.807) is 0 Å². The lowest BCUT2D eigenvalue weighted by molar-refractivity contribution is -0.139. The minimum atomic E-state index is -1.07. The van der Waals surface area contributed by atoms with Crippen LogP contribution in [0.5, 0.6) is 0 Å². The van der Waals surface area contributed by atoms with Crippen LogP contribution in [-0.2, 0) is 9.59 Å². The number of carboxylic acids is 1. The molecule has 1 unspecified atom stereocenters. The summed E-state index contributed by atoms with van der Waals surface area (Å²) in [6.07, 6.45) is 5.29. The average molecular weight is 395 g/mol. The summed E-state index contributed by atoms with van der Waals surface area (Å²) in [4.78, 5) is 36.3. The Bertz CT molecular complexity index is 699. The molecule has 2 amide bonds. The van der Waals surface area contributed by atoms with Crippen LogP contribution in [0.1, 0.15) is 62.7 Å². The summed E-state index contributed by atoms with van der Waals surface area (Å²) in [6, 6.07) is 3.58. The van der Waals surface area contributed by atoms with Crippen molar-refractivity contribution in [1.82, 2.24) is 5.32 Å². The van der Waals surface area contributed by atoms with Gasteiger partial charge in [0.1, 0.15) is 6.04 Å². The molecule has 1 aromatic rings. The van der Waals surface area contributed by atoms with Crippen LogP contribution in [0.2, 0.25) is 5.02 Å². The van der Waals surface area contributed by atoms with Gasteiger partial charge in [0.25, 0.3) is 5.91 Å². The fraction of sp³-hybridized carbons (Fsp3) is 0.550. The van der Waals surface area contributed by atoms with Gasteiger partial charge in [-0.2, -0.15) is 0 Å². The molecule has 1 atom stereocenters. The SMILES string of the molecule is CC(C)CC(NC(=O)c1ccc(Cl)c(NC(=O)C2CCCCC2)c1)C(=O)O. The number of rotatable bonds is 7. The normalized spacial score (nSPS) is 16.0. The predicted octanol–water partition coefficient (Wildman–Crippen LogP) is 4.09. The fourth-order valence-electron chi connectivity index (χ4n) is 3.30. The Balaban J connectivity index is 2.09. The van der Waals surface area contributed by atoms with Gasteiger partial charge in [-0.25, -0.2) is 4.79 Å². The largest absolute Gasteiger partial charge is 0.480 e. The number of nitrogens with one attached hydrogen (secondary N) is 2. The second-order valence-electron chi connectivity index (χ2n) is 7.51. The molecule has 0 aromatic heterocycles. The van der Waals surface area contributed by atoms with Crippen molar-refractivity contribution >= 4 is 35.1 Å². The lowest BCUT2D eigenvalue weighted by Gasteiger charge is -2.21. The van der Waals surface area contributed by atoms with E-state index in [9.17, 15) is 19.5 Å². The third kappa shape index (κ3) is 6.24. The van der Waals surface area contributed by atoms with E-state index >= 15 is 0 Å². The van der Waals surface area contributed by atoms with Crippen LogP contribution in [0.15, 0.2) is 18.2 Å². The molecule has 0 saturated heterocycles. The lowest BCUT2D eigenvalue weighted by Crippen LogP contribution is -2.41. The first-order valence-electron chi connectivity index (χ1n) is 9.42. The number of carboxylic acid groups (broad SMARTS) is 1. The highest BCUT2D eigenvalue weighted by Crippen LogP contribution is 2.28. The summed E-state index contributed by atoms with van der Waals surface area (Å²) in [6.45, 7) is 3.78. The summed E-state index contributed by atoms with van der Waals surface area (Å²) in [5, 5.41) is 15.0. The van der Waals surface area contributed by atoms with E-state index < -0.39 is 17.9 Å². The third-order valence-corrected chi connectivity index (χ3v) is 5.10. The Hall–Kier alpha value is -2.08. The molecule has 1 aromatic carbocycles. The van der Waals surface area contributed by atoms with E-state index in [0.29, 0.717) is 17.1 Å². The van der Waals surface area contributed by atoms with Gasteiger partial charge in [0.2, 0.25) is 5.91 Å². The minimum absolute atomic E-state index is 0.0327. The summed E-state index contributed by atoms with van der Waals surface area (Å²) in [7, 11) is 0. The van der Waals surface area contributed by atoms with Crippen LogP contribution in [-0.4, -0.2) is 28.9 Å². The van der Waals surface area contributed by atoms with Crippen LogP contribution < -0.4 is 10.6 Å². The number of carbonyl (C=O) groups is 3. The molecule has 1 aliphatic rings. The van der Waals surface area contributed by atoms with E-state index in [0.717, 1.165) is 32.1 Å². The van der Waals surface area contributed by atoms with E-state index in [-0.39, 0.29) is 23.3 Å².